The maximum absolute atomic E-state index is 8.50. The molecule has 2 heteroatoms. The van der Waals surface area contributed by atoms with Gasteiger partial charge in [-0.3, -0.25) is 0 Å². The molecule has 0 saturated carbocycles. The van der Waals surface area contributed by atoms with Crippen molar-refractivity contribution in [3.8, 4) is 0 Å². The van der Waals surface area contributed by atoms with E-state index in [1.165, 1.54) is 0 Å². The van der Waals surface area contributed by atoms with Gasteiger partial charge in [-0.25, -0.2) is 0 Å². The van der Waals surface area contributed by atoms with Crippen LogP contribution in [0.5, 0.6) is 0 Å². The van der Waals surface area contributed by atoms with E-state index in [0.717, 1.165) is 17.7 Å². The van der Waals surface area contributed by atoms with Gasteiger partial charge in [-0.15, -0.1) is 0 Å². The van der Waals surface area contributed by atoms with Crippen LogP contribution < -0.4 is 5.73 Å². The minimum absolute atomic E-state index is 0.0900. The van der Waals surface area contributed by atoms with Crippen LogP contribution in [0.2, 0.25) is 0 Å². The summed E-state index contributed by atoms with van der Waals surface area (Å²) in [6.07, 6.45) is 4.41. The molecule has 0 saturated heterocycles. The zero-order chi connectivity index (χ0) is 8.81. The predicted molar refractivity (Wildman–Crippen MR) is 50.8 cm³/mol. The van der Waals surface area contributed by atoms with Crippen LogP contribution >= 0.6 is 0 Å². The van der Waals surface area contributed by atoms with Gasteiger partial charge >= 0.3 is 0 Å². The molecule has 0 atom stereocenters. The second-order valence-corrected chi connectivity index (χ2v) is 2.56. The minimum Gasteiger partial charge on any atom is -0.398 e. The highest BCUT2D eigenvalue weighted by atomic mass is 16.2. The summed E-state index contributed by atoms with van der Waals surface area (Å²) in [5, 5.41) is 8.50. The maximum Gasteiger partial charge on any atom is 0.0612 e. The van der Waals surface area contributed by atoms with Crippen molar-refractivity contribution < 1.29 is 5.11 Å². The van der Waals surface area contributed by atoms with Crippen LogP contribution in [0.3, 0.4) is 0 Å². The Balaban J connectivity index is 2.63. The first-order chi connectivity index (χ1) is 5.84. The molecule has 64 valence electrons. The van der Waals surface area contributed by atoms with Crippen molar-refractivity contribution in [3.05, 3.63) is 42.0 Å². The van der Waals surface area contributed by atoms with E-state index in [9.17, 15) is 0 Å². The van der Waals surface area contributed by atoms with E-state index in [4.69, 9.17) is 10.8 Å². The molecule has 0 aliphatic heterocycles. The molecular weight excluding hydrogens is 150 g/mol. The highest BCUT2D eigenvalue weighted by molar-refractivity contribution is 5.47. The molecule has 0 amide bonds. The third-order valence-corrected chi connectivity index (χ3v) is 1.66. The number of para-hydroxylation sites is 1. The molecule has 3 N–H and O–H groups in total. The molecule has 0 radical (unpaired) electrons. The molecule has 2 nitrogen and oxygen atoms in total. The van der Waals surface area contributed by atoms with Gasteiger partial charge in [0, 0.05) is 5.69 Å². The Hall–Kier alpha value is -1.28. The van der Waals surface area contributed by atoms with Crippen LogP contribution in [0.1, 0.15) is 5.56 Å². The molecular formula is C10H13NO. The smallest absolute Gasteiger partial charge is 0.0612 e. The van der Waals surface area contributed by atoms with Crippen molar-refractivity contribution in [3.63, 3.8) is 0 Å². The first kappa shape index (κ1) is 8.81. The largest absolute Gasteiger partial charge is 0.398 e. The van der Waals surface area contributed by atoms with Crippen molar-refractivity contribution in [1.29, 1.82) is 0 Å². The molecule has 12 heavy (non-hydrogen) atoms. The lowest BCUT2D eigenvalue weighted by atomic mass is 10.1. The number of aliphatic hydroxyl groups excluding tert-OH is 1. The molecule has 0 aromatic heterocycles. The molecule has 0 heterocycles. The van der Waals surface area contributed by atoms with Gasteiger partial charge in [0.15, 0.2) is 0 Å². The fraction of sp³-hybridized carbons (Fsp3) is 0.200. The summed E-state index contributed by atoms with van der Waals surface area (Å²) in [5.41, 5.74) is 7.61. The average molecular weight is 163 g/mol. The number of hydrogen-bond donors (Lipinski definition) is 2. The number of nitrogens with two attached hydrogens (primary N) is 1. The Morgan fingerprint density at radius 1 is 1.25 bits per heavy atom. The van der Waals surface area contributed by atoms with E-state index >= 15 is 0 Å². The second kappa shape index (κ2) is 4.57. The molecule has 1 aromatic rings. The Morgan fingerprint density at radius 3 is 2.67 bits per heavy atom. The van der Waals surface area contributed by atoms with E-state index in [-0.39, 0.29) is 6.61 Å². The van der Waals surface area contributed by atoms with Gasteiger partial charge in [0.1, 0.15) is 0 Å². The SMILES string of the molecule is Nc1ccccc1C/C=C\CO. The Bertz CT molecular complexity index is 268. The topological polar surface area (TPSA) is 46.2 Å². The first-order valence-electron chi connectivity index (χ1n) is 3.94. The van der Waals surface area contributed by atoms with Gasteiger partial charge in [-0.2, -0.15) is 0 Å². The van der Waals surface area contributed by atoms with E-state index in [2.05, 4.69) is 0 Å². The van der Waals surface area contributed by atoms with E-state index in [0.29, 0.717) is 0 Å². The van der Waals surface area contributed by atoms with Crippen LogP contribution in [-0.4, -0.2) is 11.7 Å². The third kappa shape index (κ3) is 2.40. The molecule has 0 aliphatic carbocycles. The summed E-state index contributed by atoms with van der Waals surface area (Å²) in [4.78, 5) is 0. The third-order valence-electron chi connectivity index (χ3n) is 1.66. The Labute approximate surface area is 72.3 Å². The van der Waals surface area contributed by atoms with Crippen LogP contribution in [-0.2, 0) is 6.42 Å². The number of anilines is 1. The van der Waals surface area contributed by atoms with Crippen LogP contribution in [0, 0.1) is 0 Å². The minimum atomic E-state index is 0.0900. The molecule has 0 unspecified atom stereocenters. The lowest BCUT2D eigenvalue weighted by molar-refractivity contribution is 0.342. The van der Waals surface area contributed by atoms with Crippen molar-refractivity contribution in [1.82, 2.24) is 0 Å². The van der Waals surface area contributed by atoms with Crippen LogP contribution in [0.25, 0.3) is 0 Å². The number of nitrogen functional groups attached to an aromatic ring is 1. The summed E-state index contributed by atoms with van der Waals surface area (Å²) in [6, 6.07) is 7.73. The molecule has 1 rings (SSSR count). The Kier molecular flexibility index (Phi) is 3.35. The number of rotatable bonds is 3. The number of hydrogen-bond acceptors (Lipinski definition) is 2. The standard InChI is InChI=1S/C10H13NO/c11-10-7-2-1-5-9(10)6-3-4-8-12/h1-5,7,12H,6,8,11H2/b4-3-. The van der Waals surface area contributed by atoms with Gasteiger partial charge in [-0.05, 0) is 18.1 Å². The van der Waals surface area contributed by atoms with Gasteiger partial charge in [0.05, 0.1) is 6.61 Å². The van der Waals surface area contributed by atoms with Crippen molar-refractivity contribution in [2.24, 2.45) is 0 Å². The van der Waals surface area contributed by atoms with Crippen LogP contribution in [0.4, 0.5) is 5.69 Å². The lowest BCUT2D eigenvalue weighted by Crippen LogP contribution is -1.91. The monoisotopic (exact) mass is 163 g/mol. The van der Waals surface area contributed by atoms with Crippen molar-refractivity contribution in [2.75, 3.05) is 12.3 Å². The van der Waals surface area contributed by atoms with E-state index in [1.54, 1.807) is 6.08 Å². The first-order valence-corrected chi connectivity index (χ1v) is 3.94. The van der Waals surface area contributed by atoms with Crippen molar-refractivity contribution in [2.45, 2.75) is 6.42 Å². The molecule has 0 fully saturated rings. The summed E-state index contributed by atoms with van der Waals surface area (Å²) in [5.74, 6) is 0. The highest BCUT2D eigenvalue weighted by Gasteiger charge is 1.92. The van der Waals surface area contributed by atoms with E-state index < -0.39 is 0 Å². The Morgan fingerprint density at radius 2 is 2.00 bits per heavy atom. The van der Waals surface area contributed by atoms with Crippen molar-refractivity contribution >= 4 is 5.69 Å². The molecule has 0 spiro atoms. The quantitative estimate of drug-likeness (QED) is 0.522. The predicted octanol–water partition coefficient (Wildman–Crippen LogP) is 1.36. The fourth-order valence-electron chi connectivity index (χ4n) is 1.00. The molecule has 1 aromatic carbocycles. The molecule has 0 aliphatic rings. The van der Waals surface area contributed by atoms with E-state index in [1.807, 2.05) is 30.3 Å². The summed E-state index contributed by atoms with van der Waals surface area (Å²) < 4.78 is 0. The zero-order valence-electron chi connectivity index (χ0n) is 6.90. The van der Waals surface area contributed by atoms with Gasteiger partial charge in [0.25, 0.3) is 0 Å². The average Bonchev–Trinajstić information content (AvgIpc) is 2.09. The highest BCUT2D eigenvalue weighted by Crippen LogP contribution is 2.10. The normalized spacial score (nSPS) is 10.8. The summed E-state index contributed by atoms with van der Waals surface area (Å²) in [7, 11) is 0. The number of aliphatic hydroxyl groups is 1. The lowest BCUT2D eigenvalue weighted by Gasteiger charge is -2.00. The maximum atomic E-state index is 8.50. The summed E-state index contributed by atoms with van der Waals surface area (Å²) >= 11 is 0. The number of allylic oxidation sites excluding steroid dienone is 1. The summed E-state index contributed by atoms with van der Waals surface area (Å²) in [6.45, 7) is 0.0900. The zero-order valence-corrected chi connectivity index (χ0v) is 6.90. The van der Waals surface area contributed by atoms with Gasteiger partial charge in [0.2, 0.25) is 0 Å². The van der Waals surface area contributed by atoms with Crippen LogP contribution in [0.15, 0.2) is 36.4 Å². The second-order valence-electron chi connectivity index (χ2n) is 2.56. The fourth-order valence-corrected chi connectivity index (χ4v) is 1.00. The molecule has 0 bridgehead atoms. The van der Waals surface area contributed by atoms with Gasteiger partial charge < -0.3 is 10.8 Å². The van der Waals surface area contributed by atoms with Gasteiger partial charge in [-0.1, -0.05) is 30.4 Å². The number of benzene rings is 1.